The van der Waals surface area contributed by atoms with Gasteiger partial charge in [-0.2, -0.15) is 0 Å². The lowest BCUT2D eigenvalue weighted by Gasteiger charge is -2.42. The zero-order valence-electron chi connectivity index (χ0n) is 11.9. The summed E-state index contributed by atoms with van der Waals surface area (Å²) in [6.07, 6.45) is 8.51. The molecule has 0 spiro atoms. The highest BCUT2D eigenvalue weighted by atomic mass is 15.3. The van der Waals surface area contributed by atoms with E-state index < -0.39 is 0 Å². The maximum atomic E-state index is 3.59. The minimum absolute atomic E-state index is 0.802. The number of piperidine rings is 2. The van der Waals surface area contributed by atoms with Gasteiger partial charge in [0.05, 0.1) is 0 Å². The maximum Gasteiger partial charge on any atom is 0.0267 e. The number of nitrogens with one attached hydrogen (secondary N) is 1. The summed E-state index contributed by atoms with van der Waals surface area (Å²) in [6, 6.07) is 2.52. The van der Waals surface area contributed by atoms with Gasteiger partial charge in [0.15, 0.2) is 0 Å². The minimum Gasteiger partial charge on any atom is -0.315 e. The molecule has 3 heteroatoms. The molecular formula is C15H29N3. The van der Waals surface area contributed by atoms with Gasteiger partial charge in [-0.1, -0.05) is 13.3 Å². The first-order valence-corrected chi connectivity index (χ1v) is 8.10. The molecule has 3 fully saturated rings. The molecule has 0 saturated carbocycles. The van der Waals surface area contributed by atoms with E-state index in [1.165, 1.54) is 71.2 Å². The Hall–Kier alpha value is -0.120. The van der Waals surface area contributed by atoms with Gasteiger partial charge in [0, 0.05) is 31.2 Å². The van der Waals surface area contributed by atoms with Crippen LogP contribution in [0.1, 0.15) is 45.4 Å². The van der Waals surface area contributed by atoms with Crippen molar-refractivity contribution >= 4 is 0 Å². The molecule has 3 aliphatic rings. The number of hydrogen-bond acceptors (Lipinski definition) is 3. The molecule has 3 saturated heterocycles. The van der Waals surface area contributed by atoms with Crippen LogP contribution in [-0.4, -0.2) is 60.6 Å². The van der Waals surface area contributed by atoms with E-state index in [9.17, 15) is 0 Å². The SMILES string of the molecule is CCN(C1CCCNC1)C1CCN2CCCCC12. The molecule has 0 radical (unpaired) electrons. The molecule has 3 heterocycles. The van der Waals surface area contributed by atoms with Crippen LogP contribution < -0.4 is 5.32 Å². The van der Waals surface area contributed by atoms with Gasteiger partial charge < -0.3 is 5.32 Å². The Kier molecular flexibility index (Phi) is 4.22. The molecule has 104 valence electrons. The van der Waals surface area contributed by atoms with Crippen molar-refractivity contribution in [1.29, 1.82) is 0 Å². The fourth-order valence-electron chi connectivity index (χ4n) is 4.49. The first-order chi connectivity index (χ1) is 8.90. The second kappa shape index (κ2) is 5.89. The first-order valence-electron chi connectivity index (χ1n) is 8.10. The molecule has 1 N–H and O–H groups in total. The fourth-order valence-corrected chi connectivity index (χ4v) is 4.49. The van der Waals surface area contributed by atoms with E-state index in [4.69, 9.17) is 0 Å². The van der Waals surface area contributed by atoms with Crippen molar-refractivity contribution in [2.45, 2.75) is 63.6 Å². The standard InChI is InChI=1S/C15H29N3/c1-2-18(13-6-5-9-16-12-13)15-8-11-17-10-4-3-7-14(15)17/h13-16H,2-12H2,1H3. The average molecular weight is 251 g/mol. The summed E-state index contributed by atoms with van der Waals surface area (Å²) in [5.41, 5.74) is 0. The van der Waals surface area contributed by atoms with E-state index in [0.29, 0.717) is 0 Å². The van der Waals surface area contributed by atoms with E-state index in [2.05, 4.69) is 22.0 Å². The summed E-state index contributed by atoms with van der Waals surface area (Å²) in [6.45, 7) is 8.76. The van der Waals surface area contributed by atoms with Crippen LogP contribution in [0.2, 0.25) is 0 Å². The highest BCUT2D eigenvalue weighted by molar-refractivity contribution is 4.97. The number of hydrogen-bond donors (Lipinski definition) is 1. The van der Waals surface area contributed by atoms with Crippen LogP contribution in [0.5, 0.6) is 0 Å². The average Bonchev–Trinajstić information content (AvgIpc) is 2.85. The van der Waals surface area contributed by atoms with Gasteiger partial charge in [0.1, 0.15) is 0 Å². The van der Waals surface area contributed by atoms with Gasteiger partial charge in [-0.15, -0.1) is 0 Å². The number of rotatable bonds is 3. The smallest absolute Gasteiger partial charge is 0.0267 e. The summed E-state index contributed by atoms with van der Waals surface area (Å²) < 4.78 is 0. The Bertz CT molecular complexity index is 262. The van der Waals surface area contributed by atoms with Crippen molar-refractivity contribution in [3.63, 3.8) is 0 Å². The molecule has 3 atom stereocenters. The van der Waals surface area contributed by atoms with Gasteiger partial charge in [-0.05, 0) is 51.7 Å². The molecular weight excluding hydrogens is 222 g/mol. The summed E-state index contributed by atoms with van der Waals surface area (Å²) in [7, 11) is 0. The summed E-state index contributed by atoms with van der Waals surface area (Å²) >= 11 is 0. The Morgan fingerprint density at radius 1 is 1.11 bits per heavy atom. The zero-order valence-corrected chi connectivity index (χ0v) is 11.9. The minimum atomic E-state index is 0.802. The third-order valence-electron chi connectivity index (χ3n) is 5.35. The Labute approximate surface area is 112 Å². The van der Waals surface area contributed by atoms with Gasteiger partial charge in [0.2, 0.25) is 0 Å². The first kappa shape index (κ1) is 12.9. The number of nitrogens with zero attached hydrogens (tertiary/aromatic N) is 2. The lowest BCUT2D eigenvalue weighted by atomic mass is 9.95. The largest absolute Gasteiger partial charge is 0.315 e. The molecule has 0 aromatic rings. The molecule has 0 aromatic carbocycles. The Morgan fingerprint density at radius 2 is 2.06 bits per heavy atom. The van der Waals surface area contributed by atoms with Crippen molar-refractivity contribution < 1.29 is 0 Å². The highest BCUT2D eigenvalue weighted by Crippen LogP contribution is 2.32. The van der Waals surface area contributed by atoms with Crippen molar-refractivity contribution in [1.82, 2.24) is 15.1 Å². The number of fused-ring (bicyclic) bond motifs is 1. The predicted molar refractivity (Wildman–Crippen MR) is 75.9 cm³/mol. The second-order valence-electron chi connectivity index (χ2n) is 6.29. The summed E-state index contributed by atoms with van der Waals surface area (Å²) in [5.74, 6) is 0. The monoisotopic (exact) mass is 251 g/mol. The van der Waals surface area contributed by atoms with Crippen LogP contribution >= 0.6 is 0 Å². The van der Waals surface area contributed by atoms with E-state index in [1.54, 1.807) is 0 Å². The Balaban J connectivity index is 1.67. The van der Waals surface area contributed by atoms with E-state index in [0.717, 1.165) is 18.1 Å². The zero-order chi connectivity index (χ0) is 12.4. The maximum absolute atomic E-state index is 3.59. The lowest BCUT2D eigenvalue weighted by molar-refractivity contribution is 0.0742. The van der Waals surface area contributed by atoms with Crippen LogP contribution in [0.15, 0.2) is 0 Å². The van der Waals surface area contributed by atoms with Gasteiger partial charge >= 0.3 is 0 Å². The summed E-state index contributed by atoms with van der Waals surface area (Å²) in [5, 5.41) is 3.59. The molecule has 3 aliphatic heterocycles. The van der Waals surface area contributed by atoms with E-state index in [-0.39, 0.29) is 0 Å². The fraction of sp³-hybridized carbons (Fsp3) is 1.00. The summed E-state index contributed by atoms with van der Waals surface area (Å²) in [4.78, 5) is 5.61. The third-order valence-corrected chi connectivity index (χ3v) is 5.35. The molecule has 0 bridgehead atoms. The van der Waals surface area contributed by atoms with E-state index >= 15 is 0 Å². The molecule has 3 rings (SSSR count). The van der Waals surface area contributed by atoms with Gasteiger partial charge in [0.25, 0.3) is 0 Å². The molecule has 3 nitrogen and oxygen atoms in total. The molecule has 18 heavy (non-hydrogen) atoms. The van der Waals surface area contributed by atoms with Crippen molar-refractivity contribution in [3.05, 3.63) is 0 Å². The Morgan fingerprint density at radius 3 is 2.83 bits per heavy atom. The van der Waals surface area contributed by atoms with Crippen LogP contribution in [-0.2, 0) is 0 Å². The highest BCUT2D eigenvalue weighted by Gasteiger charge is 2.40. The van der Waals surface area contributed by atoms with Crippen LogP contribution in [0.3, 0.4) is 0 Å². The molecule has 0 aliphatic carbocycles. The molecule has 3 unspecified atom stereocenters. The normalized spacial score (nSPS) is 38.0. The second-order valence-corrected chi connectivity index (χ2v) is 6.29. The quantitative estimate of drug-likeness (QED) is 0.823. The van der Waals surface area contributed by atoms with Crippen molar-refractivity contribution in [3.8, 4) is 0 Å². The predicted octanol–water partition coefficient (Wildman–Crippen LogP) is 1.69. The van der Waals surface area contributed by atoms with Crippen LogP contribution in [0, 0.1) is 0 Å². The van der Waals surface area contributed by atoms with Crippen molar-refractivity contribution in [2.24, 2.45) is 0 Å². The third kappa shape index (κ3) is 2.45. The van der Waals surface area contributed by atoms with Gasteiger partial charge in [-0.3, -0.25) is 9.80 Å². The van der Waals surface area contributed by atoms with Gasteiger partial charge in [-0.25, -0.2) is 0 Å². The molecule has 0 amide bonds. The van der Waals surface area contributed by atoms with Crippen molar-refractivity contribution in [2.75, 3.05) is 32.7 Å². The van der Waals surface area contributed by atoms with E-state index in [1.807, 2.05) is 0 Å². The molecule has 0 aromatic heterocycles. The number of likely N-dealkylation sites (N-methyl/N-ethyl adjacent to an activating group) is 1. The lowest BCUT2D eigenvalue weighted by Crippen LogP contribution is -2.54. The topological polar surface area (TPSA) is 18.5 Å². The van der Waals surface area contributed by atoms with Crippen LogP contribution in [0.4, 0.5) is 0 Å². The van der Waals surface area contributed by atoms with Crippen LogP contribution in [0.25, 0.3) is 0 Å².